The molecule has 147 heavy (non-hydrogen) atoms. The van der Waals surface area contributed by atoms with Gasteiger partial charge in [-0.05, 0) is 153 Å². The molecular formula is C104H77N37Pt6-6. The van der Waals surface area contributed by atoms with Crippen molar-refractivity contribution in [2.45, 2.75) is 0 Å². The molecule has 24 heterocycles. The first kappa shape index (κ1) is 100. The van der Waals surface area contributed by atoms with E-state index in [0.717, 1.165) is 195 Å². The Morgan fingerprint density at radius 3 is 0.707 bits per heavy atom. The van der Waals surface area contributed by atoms with E-state index in [9.17, 15) is 0 Å². The maximum absolute atomic E-state index is 4.90. The van der Waals surface area contributed by atoms with E-state index in [2.05, 4.69) is 204 Å². The van der Waals surface area contributed by atoms with Crippen molar-refractivity contribution in [2.75, 3.05) is 0 Å². The Labute approximate surface area is 921 Å². The van der Waals surface area contributed by atoms with Crippen LogP contribution in [0.1, 0.15) is 0 Å². The second-order valence-corrected chi connectivity index (χ2v) is 33.8. The molecule has 0 radical (unpaired) electrons. The van der Waals surface area contributed by atoms with Crippen LogP contribution >= 0.6 is 0 Å². The number of nitrogens with zero attached hydrogens (tertiary/aromatic N) is 37. The van der Waals surface area contributed by atoms with Crippen molar-refractivity contribution in [1.29, 1.82) is 0 Å². The molecule has 0 amide bonds. The normalized spacial score (nSPS) is 11.2. The average Bonchev–Trinajstić information content (AvgIpc) is 1.61. The summed E-state index contributed by atoms with van der Waals surface area (Å²) >= 11 is 0. The standard InChI is InChI=1S/2C18H14N6.C17H13N7.3C17H12N6.6Pt/c2*1-21-10-11-23(12-21)15-5-3-4-13-14-6-8-24(17(14)20-16(13)15)18-19-7-9-22(18)2;1-21-8-9-23(11-21)14-5-3-4-12-13-6-7-24(16(13)20-15(12)14)17-18-10-19-22(17)2;3*1-21-9-7-19-17(21)23-8-5-13-12-3-2-4-14(15(12)20-16(13)23)22-10-6-18-11-22;;;;;;/h2*3-6,8-11H,1-2H3;3-9H,1-2H3;3*2-10H,1H3;;;;;;/q6*-2;;;;3*+2. The van der Waals surface area contributed by atoms with Gasteiger partial charge in [0.05, 0.1) is 38.2 Å². The van der Waals surface area contributed by atoms with E-state index in [1.165, 1.54) is 0 Å². The van der Waals surface area contributed by atoms with E-state index in [1.54, 1.807) is 41.9 Å². The summed E-state index contributed by atoms with van der Waals surface area (Å²) < 4.78 is 40.6. The Hall–Kier alpha value is -15.6. The summed E-state index contributed by atoms with van der Waals surface area (Å²) in [7, 11) is 17.5. The van der Waals surface area contributed by atoms with Gasteiger partial charge < -0.3 is 156 Å². The van der Waals surface area contributed by atoms with Crippen molar-refractivity contribution in [3.05, 3.63) is 363 Å². The summed E-state index contributed by atoms with van der Waals surface area (Å²) in [5.41, 5.74) is 17.0. The van der Waals surface area contributed by atoms with Gasteiger partial charge in [0, 0.05) is 185 Å². The monoisotopic (exact) mass is 3010 g/mol. The molecule has 0 atom stereocenters. The van der Waals surface area contributed by atoms with Crippen molar-refractivity contribution in [1.82, 2.24) is 162 Å². The van der Waals surface area contributed by atoms with Gasteiger partial charge in [-0.2, -0.15) is 0 Å². The number of imidazole rings is 11. The van der Waals surface area contributed by atoms with Crippen molar-refractivity contribution in [3.63, 3.8) is 0 Å². The maximum Gasteiger partial charge on any atom is 2.00 e. The van der Waals surface area contributed by atoms with Crippen LogP contribution in [0.15, 0.2) is 307 Å². The fourth-order valence-corrected chi connectivity index (χ4v) is 18.5. The number of fused-ring (bicyclic) bond motifs is 18. The first-order valence-electron chi connectivity index (χ1n) is 44.7. The van der Waals surface area contributed by atoms with Crippen molar-refractivity contribution in [2.24, 2.45) is 63.4 Å². The fraction of sp³-hybridized carbons (Fsp3) is 0.0865. The van der Waals surface area contributed by atoms with Gasteiger partial charge in [0.2, 0.25) is 19.0 Å². The summed E-state index contributed by atoms with van der Waals surface area (Å²) in [6.45, 7) is 0. The molecular weight excluding hydrogens is 2940 g/mol. The molecule has 0 spiro atoms. The van der Waals surface area contributed by atoms with Crippen LogP contribution in [0.5, 0.6) is 0 Å². The molecule has 0 aliphatic carbocycles. The molecule has 0 aliphatic heterocycles. The average molecular weight is 3020 g/mol. The second kappa shape index (κ2) is 41.1. The first-order valence-corrected chi connectivity index (χ1v) is 44.7. The van der Waals surface area contributed by atoms with Crippen LogP contribution in [-0.2, 0) is 190 Å². The van der Waals surface area contributed by atoms with E-state index in [0.29, 0.717) is 5.95 Å². The molecule has 24 aromatic heterocycles. The van der Waals surface area contributed by atoms with Gasteiger partial charge in [-0.25, -0.2) is 15.0 Å². The number of aromatic nitrogens is 37. The van der Waals surface area contributed by atoms with Crippen LogP contribution < -0.4 is 43.6 Å². The summed E-state index contributed by atoms with van der Waals surface area (Å²) in [5.74, 6) is 4.82. The predicted molar refractivity (Wildman–Crippen MR) is 525 cm³/mol. The van der Waals surface area contributed by atoms with E-state index >= 15 is 0 Å². The SMILES string of the molecule is Cn1c[c-]nc1-n1ccc2c3cccc(-n4[c-][n+](C)cc4)c3[n-]c21.Cn1c[c-]nc1-n1ccc2c3cccc(-n4[c-][n+](C)cc4)c3[n-]c21.Cn1ccnc1-n1ccc2c3cccc(-n4[c-]ncc4)c3[n-]c21.Cn1ccnc1-n1ccc2c3cccc(-n4[c-]ncc4)c3[n-]c21.Cn1ccnc1-n1ccc2c3cccc(-n4[c-]ncc4)c3[n-]c21.Cn1n[c-]nc1-n1ccc2c3cccc(-n4[c-][n+](C)cc4)c3[n-]c21.[Pt+2].[Pt+2].[Pt+2].[Pt].[Pt].[Pt]. The minimum absolute atomic E-state index is 0. The number of rotatable bonds is 12. The molecule has 744 valence electrons. The number of benzene rings is 6. The van der Waals surface area contributed by atoms with Crippen molar-refractivity contribution < 1.29 is 140 Å². The molecule has 43 heteroatoms. The van der Waals surface area contributed by atoms with Crippen LogP contribution in [0.2, 0.25) is 0 Å². The molecule has 30 aromatic rings. The van der Waals surface area contributed by atoms with E-state index < -0.39 is 0 Å². The number of hydrogen-bond donors (Lipinski definition) is 0. The van der Waals surface area contributed by atoms with Crippen molar-refractivity contribution in [3.8, 4) is 69.8 Å². The number of aryl methyl sites for hydroxylation is 9. The predicted octanol–water partition coefficient (Wildman–Crippen LogP) is 11.8. The molecule has 37 nitrogen and oxygen atoms in total. The Morgan fingerprint density at radius 1 is 0.252 bits per heavy atom. The summed E-state index contributed by atoms with van der Waals surface area (Å²) in [6, 6.07) is 49.5. The van der Waals surface area contributed by atoms with Crippen LogP contribution in [0, 0.1) is 56.7 Å². The Balaban J connectivity index is 0.000000110. The smallest absolute Gasteiger partial charge is 0.472 e. The van der Waals surface area contributed by atoms with Crippen LogP contribution in [0.4, 0.5) is 0 Å². The molecule has 0 saturated carbocycles. The first-order chi connectivity index (χ1) is 69.1. The molecule has 0 bridgehead atoms. The third-order valence-electron chi connectivity index (χ3n) is 25.1. The summed E-state index contributed by atoms with van der Waals surface area (Å²) in [5, 5.41) is 17.4. The second-order valence-electron chi connectivity index (χ2n) is 33.8. The van der Waals surface area contributed by atoms with Crippen LogP contribution in [-0.4, -0.2) is 132 Å². The van der Waals surface area contributed by atoms with Gasteiger partial charge in [-0.15, -0.1) is 12.4 Å². The maximum atomic E-state index is 4.90. The van der Waals surface area contributed by atoms with Gasteiger partial charge in [-0.3, -0.25) is 5.10 Å². The largest absolute Gasteiger partial charge is 2.00 e. The minimum Gasteiger partial charge on any atom is -0.472 e. The number of hydrogen-bond acceptors (Lipinski definition) is 10. The summed E-state index contributed by atoms with van der Waals surface area (Å²) in [4.78, 5) is 67.4. The Bertz CT molecular complexity index is 8960. The molecule has 0 saturated heterocycles. The molecule has 6 aromatic carbocycles. The summed E-state index contributed by atoms with van der Waals surface area (Å²) in [6.07, 6.45) is 76.2. The molecule has 30 rings (SSSR count). The third kappa shape index (κ3) is 17.5. The number of para-hydroxylation sites is 6. The quantitative estimate of drug-likeness (QED) is 0.0810. The zero-order valence-electron chi connectivity index (χ0n) is 78.8. The Morgan fingerprint density at radius 2 is 0.503 bits per heavy atom. The topological polar surface area (TPSA) is 314 Å². The van der Waals surface area contributed by atoms with Gasteiger partial charge in [0.1, 0.15) is 17.8 Å². The van der Waals surface area contributed by atoms with Crippen LogP contribution in [0.3, 0.4) is 0 Å². The van der Waals surface area contributed by atoms with Crippen molar-refractivity contribution >= 4 is 132 Å². The minimum atomic E-state index is 0. The molecule has 0 N–H and O–H groups in total. The molecule has 0 fully saturated rings. The molecule has 0 unspecified atom stereocenters. The van der Waals surface area contributed by atoms with Gasteiger partial charge in [0.15, 0.2) is 0 Å². The van der Waals surface area contributed by atoms with E-state index in [1.807, 2.05) is 327 Å². The van der Waals surface area contributed by atoms with E-state index in [-0.39, 0.29) is 126 Å². The van der Waals surface area contributed by atoms with E-state index in [4.69, 9.17) is 29.9 Å². The Kier molecular flexibility index (Phi) is 28.0. The zero-order valence-corrected chi connectivity index (χ0v) is 92.4. The third-order valence-corrected chi connectivity index (χ3v) is 25.1. The fourth-order valence-electron chi connectivity index (χ4n) is 18.5. The van der Waals surface area contributed by atoms with Crippen LogP contribution in [0.25, 0.3) is 201 Å². The zero-order chi connectivity index (χ0) is 94.9. The van der Waals surface area contributed by atoms with Gasteiger partial charge in [0.25, 0.3) is 0 Å². The van der Waals surface area contributed by atoms with Gasteiger partial charge >= 0.3 is 63.2 Å². The molecule has 0 aliphatic rings. The van der Waals surface area contributed by atoms with Gasteiger partial charge in [-0.1, -0.05) is 266 Å².